The molecule has 1 aromatic carbocycles. The summed E-state index contributed by atoms with van der Waals surface area (Å²) in [6.07, 6.45) is 9.87. The van der Waals surface area contributed by atoms with E-state index in [0.717, 1.165) is 42.5 Å². The van der Waals surface area contributed by atoms with Crippen molar-refractivity contribution in [3.63, 3.8) is 0 Å². The van der Waals surface area contributed by atoms with Crippen LogP contribution >= 0.6 is 0 Å². The molecule has 0 radical (unpaired) electrons. The van der Waals surface area contributed by atoms with Crippen molar-refractivity contribution in [2.45, 2.75) is 94.5 Å². The largest absolute Gasteiger partial charge is 0.504 e. The molecular weight excluding hydrogens is 594 g/mol. The molecule has 3 aromatic rings. The van der Waals surface area contributed by atoms with Crippen molar-refractivity contribution in [3.05, 3.63) is 83.8 Å². The summed E-state index contributed by atoms with van der Waals surface area (Å²) in [6.45, 7) is 1.62. The number of rotatable bonds is 11. The van der Waals surface area contributed by atoms with Gasteiger partial charge in [0.05, 0.1) is 18.8 Å². The van der Waals surface area contributed by atoms with Crippen LogP contribution in [0.1, 0.15) is 80.5 Å². The summed E-state index contributed by atoms with van der Waals surface area (Å²) in [7, 11) is 0. The molecule has 2 aliphatic rings. The maximum Gasteiger partial charge on any atom is 0.161 e. The Morgan fingerprint density at radius 3 is 2.64 bits per heavy atom. The van der Waals surface area contributed by atoms with Gasteiger partial charge < -0.3 is 41.0 Å². The van der Waals surface area contributed by atoms with E-state index in [2.05, 4.69) is 28.7 Å². The first-order valence-electron chi connectivity index (χ1n) is 16.9. The van der Waals surface area contributed by atoms with Gasteiger partial charge in [-0.15, -0.1) is 0 Å². The number of allylic oxidation sites excluding steroid dienone is 2. The van der Waals surface area contributed by atoms with Crippen LogP contribution in [0.4, 0.5) is 5.82 Å². The smallest absolute Gasteiger partial charge is 0.161 e. The number of phenols is 1. The highest BCUT2D eigenvalue weighted by atomic mass is 16.5. The Kier molecular flexibility index (Phi) is 12.0. The highest BCUT2D eigenvalue weighted by Gasteiger charge is 2.36. The highest BCUT2D eigenvalue weighted by molar-refractivity contribution is 5.44. The number of pyridine rings is 1. The van der Waals surface area contributed by atoms with Crippen molar-refractivity contribution in [1.82, 2.24) is 9.97 Å². The predicted octanol–water partition coefficient (Wildman–Crippen LogP) is 4.82. The number of aromatic hydroxyl groups is 1. The van der Waals surface area contributed by atoms with Crippen LogP contribution in [0.25, 0.3) is 0 Å². The molecule has 47 heavy (non-hydrogen) atoms. The zero-order valence-corrected chi connectivity index (χ0v) is 27.1. The minimum atomic E-state index is -1.22. The number of hydrogen-bond donors (Lipinski definition) is 7. The number of hydrogen-bond acceptors (Lipinski definition) is 8. The summed E-state index contributed by atoms with van der Waals surface area (Å²) in [6, 6.07) is 12.7. The lowest BCUT2D eigenvalue weighted by molar-refractivity contribution is -0.00875. The molecule has 0 amide bonds. The van der Waals surface area contributed by atoms with E-state index in [0.29, 0.717) is 37.4 Å². The number of aliphatic hydroxyl groups excluding tert-OH is 4. The Labute approximate surface area is 277 Å². The Morgan fingerprint density at radius 2 is 1.89 bits per heavy atom. The number of H-pyrrole nitrogens is 1. The minimum absolute atomic E-state index is 0.0999. The van der Waals surface area contributed by atoms with Gasteiger partial charge in [-0.3, -0.25) is 0 Å². The van der Waals surface area contributed by atoms with E-state index >= 15 is 0 Å². The number of aromatic nitrogens is 2. The molecule has 0 saturated carbocycles. The third-order valence-corrected chi connectivity index (χ3v) is 9.83. The van der Waals surface area contributed by atoms with E-state index in [1.54, 1.807) is 30.5 Å². The topological polar surface area (TPSA) is 165 Å². The van der Waals surface area contributed by atoms with E-state index in [4.69, 9.17) is 10.5 Å². The second kappa shape index (κ2) is 16.3. The van der Waals surface area contributed by atoms with E-state index in [1.807, 2.05) is 36.5 Å². The average molecular weight is 644 g/mol. The van der Waals surface area contributed by atoms with Crippen LogP contribution in [0.5, 0.6) is 11.5 Å². The molecule has 9 heteroatoms. The summed E-state index contributed by atoms with van der Waals surface area (Å²) < 4.78 is 6.32. The number of ether oxygens (including phenoxy) is 1. The SMILES string of the molecule is CC[C@@H]1C#C[C@@H]2C=C[C@H](c3ccc(O)c(O[C@H](C[C@H](Cc4ccc[nH]4)c4ccnc(N)c4)[C@H](O)CO)c3)C[C@@H](O)[C@H]2[C@@H](O)CCCC1. The van der Waals surface area contributed by atoms with Gasteiger partial charge in [-0.25, -0.2) is 4.98 Å². The number of phenolic OH excluding ortho intramolecular Hbond substituents is 1. The molecule has 5 rings (SSSR count). The lowest BCUT2D eigenvalue weighted by Crippen LogP contribution is -2.37. The van der Waals surface area contributed by atoms with Crippen molar-refractivity contribution in [2.24, 2.45) is 17.8 Å². The molecule has 9 atom stereocenters. The maximum atomic E-state index is 11.5. The van der Waals surface area contributed by atoms with Crippen LogP contribution in [0.15, 0.2) is 67.0 Å². The Morgan fingerprint density at radius 1 is 1.06 bits per heavy atom. The Hall–Kier alpha value is -3.81. The average Bonchev–Trinajstić information content (AvgIpc) is 3.52. The number of nitrogen functional groups attached to an aromatic ring is 1. The fraction of sp³-hybridized carbons (Fsp3) is 0.500. The maximum absolute atomic E-state index is 11.5. The second-order valence-corrected chi connectivity index (χ2v) is 13.1. The quantitative estimate of drug-likeness (QED) is 0.116. The van der Waals surface area contributed by atoms with Gasteiger partial charge in [-0.05, 0) is 92.0 Å². The van der Waals surface area contributed by atoms with Crippen LogP contribution in [0.2, 0.25) is 0 Å². The fourth-order valence-electron chi connectivity index (χ4n) is 7.05. The minimum Gasteiger partial charge on any atom is -0.504 e. The molecule has 2 aromatic heterocycles. The van der Waals surface area contributed by atoms with Crippen molar-refractivity contribution in [2.75, 3.05) is 12.3 Å². The van der Waals surface area contributed by atoms with Gasteiger partial charge in [0, 0.05) is 41.8 Å². The summed E-state index contributed by atoms with van der Waals surface area (Å²) >= 11 is 0. The van der Waals surface area contributed by atoms with Gasteiger partial charge in [0.2, 0.25) is 0 Å². The van der Waals surface area contributed by atoms with Crippen LogP contribution in [0, 0.1) is 29.6 Å². The first kappa shape index (κ1) is 34.5. The number of aromatic amines is 1. The van der Waals surface area contributed by atoms with Gasteiger partial charge in [-0.2, -0.15) is 0 Å². The van der Waals surface area contributed by atoms with Gasteiger partial charge in [0.15, 0.2) is 11.5 Å². The fourth-order valence-corrected chi connectivity index (χ4v) is 7.05. The number of aliphatic hydroxyl groups is 4. The van der Waals surface area contributed by atoms with Crippen molar-refractivity contribution < 1.29 is 30.3 Å². The van der Waals surface area contributed by atoms with Crippen LogP contribution in [-0.2, 0) is 6.42 Å². The second-order valence-electron chi connectivity index (χ2n) is 13.1. The van der Waals surface area contributed by atoms with Crippen molar-refractivity contribution in [3.8, 4) is 23.3 Å². The van der Waals surface area contributed by atoms with E-state index in [-0.39, 0.29) is 29.3 Å². The van der Waals surface area contributed by atoms with Crippen LogP contribution in [-0.4, -0.2) is 66.5 Å². The van der Waals surface area contributed by atoms with Gasteiger partial charge in [0.1, 0.15) is 18.0 Å². The monoisotopic (exact) mass is 643 g/mol. The first-order valence-corrected chi connectivity index (χ1v) is 16.9. The number of benzene rings is 1. The standard InChI is InChI=1S/C38H49N3O6/c1-2-24-6-3-4-8-32(44)38-25(10-9-24)11-12-26(19-33(38)45)27-13-14-31(43)35(20-27)47-36(34(46)23-42)21-29(18-30-7-5-16-40-30)28-15-17-41-37(39)22-28/h5,7,11-17,20,22,24-26,29,32-34,36,38,40,42-46H,2-4,6,8,18-19,21,23H2,1H3,(H2,39,41)/t24-,25+,26-,29-,32-,33+,34+,36+,38+/m0/s1. The summed E-state index contributed by atoms with van der Waals surface area (Å²) in [4.78, 5) is 7.35. The molecule has 2 heterocycles. The zero-order chi connectivity index (χ0) is 33.3. The van der Waals surface area contributed by atoms with E-state index < -0.39 is 36.9 Å². The molecule has 0 spiro atoms. The third kappa shape index (κ3) is 8.96. The zero-order valence-electron chi connectivity index (χ0n) is 27.1. The van der Waals surface area contributed by atoms with Crippen molar-refractivity contribution in [1.29, 1.82) is 0 Å². The van der Waals surface area contributed by atoms with E-state index in [1.165, 1.54) is 0 Å². The summed E-state index contributed by atoms with van der Waals surface area (Å²) in [5.41, 5.74) is 8.73. The number of anilines is 1. The molecule has 0 fully saturated rings. The molecule has 9 nitrogen and oxygen atoms in total. The Bertz CT molecular complexity index is 1520. The summed E-state index contributed by atoms with van der Waals surface area (Å²) in [5.74, 6) is 6.55. The molecule has 2 aliphatic carbocycles. The highest BCUT2D eigenvalue weighted by Crippen LogP contribution is 2.40. The van der Waals surface area contributed by atoms with Gasteiger partial charge in [-0.1, -0.05) is 49.8 Å². The van der Waals surface area contributed by atoms with Gasteiger partial charge >= 0.3 is 0 Å². The van der Waals surface area contributed by atoms with Gasteiger partial charge in [0.25, 0.3) is 0 Å². The van der Waals surface area contributed by atoms with Crippen LogP contribution in [0.3, 0.4) is 0 Å². The molecule has 0 saturated heterocycles. The Balaban J connectivity index is 1.40. The number of nitrogens with two attached hydrogens (primary N) is 1. The number of nitrogens with zero attached hydrogens (tertiary/aromatic N) is 1. The normalized spacial score (nSPS) is 26.6. The van der Waals surface area contributed by atoms with E-state index in [9.17, 15) is 25.5 Å². The molecule has 0 unspecified atom stereocenters. The lowest BCUT2D eigenvalue weighted by Gasteiger charge is -2.31. The van der Waals surface area contributed by atoms with Crippen LogP contribution < -0.4 is 10.5 Å². The van der Waals surface area contributed by atoms with Crippen molar-refractivity contribution >= 4 is 5.82 Å². The molecule has 8 N–H and O–H groups in total. The molecule has 252 valence electrons. The molecule has 0 aliphatic heterocycles. The predicted molar refractivity (Wildman–Crippen MR) is 182 cm³/mol. The third-order valence-electron chi connectivity index (χ3n) is 9.83. The molecular formula is C38H49N3O6. The number of fused-ring (bicyclic) bond motifs is 1. The lowest BCUT2D eigenvalue weighted by atomic mass is 9.79. The number of nitrogens with one attached hydrogen (secondary N) is 1. The summed E-state index contributed by atoms with van der Waals surface area (Å²) in [5, 5.41) is 54.4. The first-order chi connectivity index (χ1) is 22.7. The molecule has 0 bridgehead atoms.